The number of sulfone groups is 1. The molecule has 0 N–H and O–H groups in total. The Morgan fingerprint density at radius 1 is 0.958 bits per heavy atom. The lowest BCUT2D eigenvalue weighted by Gasteiger charge is -2.09. The Morgan fingerprint density at radius 2 is 1.71 bits per heavy atom. The molecule has 0 aliphatic rings. The van der Waals surface area contributed by atoms with Crippen LogP contribution in [-0.4, -0.2) is 25.7 Å². The molecule has 0 aliphatic carbocycles. The summed E-state index contributed by atoms with van der Waals surface area (Å²) >= 11 is 0. The molecule has 3 aromatic rings. The molecule has 0 aliphatic heterocycles. The fourth-order valence-electron chi connectivity index (χ4n) is 2.20. The van der Waals surface area contributed by atoms with Crippen LogP contribution in [0.1, 0.15) is 0 Å². The summed E-state index contributed by atoms with van der Waals surface area (Å²) in [4.78, 5) is 0.111. The van der Waals surface area contributed by atoms with Crippen molar-refractivity contribution >= 4 is 9.84 Å². The molecule has 0 fully saturated rings. The molecule has 122 valence electrons. The maximum atomic E-state index is 13.4. The maximum Gasteiger partial charge on any atom is 0.225 e. The van der Waals surface area contributed by atoms with Crippen LogP contribution < -0.4 is 4.74 Å². The fourth-order valence-corrected chi connectivity index (χ4v) is 3.37. The number of rotatable bonds is 4. The summed E-state index contributed by atoms with van der Waals surface area (Å²) in [5, 5.41) is 7.50. The standard InChI is InChI=1S/C17H13FN2O3S/c1-23-15-11-16(24(21,22)14-8-3-2-4-9-14)19-20-17(15)12-6-5-7-13(18)10-12/h2-11H,1H3. The molecule has 3 rings (SSSR count). The zero-order chi connectivity index (χ0) is 17.2. The number of methoxy groups -OCH3 is 1. The molecule has 0 unspecified atom stereocenters. The van der Waals surface area contributed by atoms with Crippen molar-refractivity contribution in [2.24, 2.45) is 0 Å². The van der Waals surface area contributed by atoms with Gasteiger partial charge in [-0.1, -0.05) is 30.3 Å². The van der Waals surface area contributed by atoms with Crippen molar-refractivity contribution in [3.63, 3.8) is 0 Å². The van der Waals surface area contributed by atoms with Gasteiger partial charge in [-0.15, -0.1) is 10.2 Å². The topological polar surface area (TPSA) is 69.2 Å². The van der Waals surface area contributed by atoms with Gasteiger partial charge in [0.05, 0.1) is 12.0 Å². The summed E-state index contributed by atoms with van der Waals surface area (Å²) in [6, 6.07) is 15.0. The van der Waals surface area contributed by atoms with E-state index in [2.05, 4.69) is 10.2 Å². The van der Waals surface area contributed by atoms with E-state index < -0.39 is 15.7 Å². The highest BCUT2D eigenvalue weighted by Gasteiger charge is 2.22. The lowest BCUT2D eigenvalue weighted by Crippen LogP contribution is -2.07. The molecule has 0 atom stereocenters. The number of ether oxygens (including phenoxy) is 1. The van der Waals surface area contributed by atoms with Crippen LogP contribution in [0.3, 0.4) is 0 Å². The van der Waals surface area contributed by atoms with Crippen LogP contribution >= 0.6 is 0 Å². The molecule has 2 aromatic carbocycles. The first-order valence-corrected chi connectivity index (χ1v) is 8.48. The van der Waals surface area contributed by atoms with Crippen molar-refractivity contribution in [2.45, 2.75) is 9.92 Å². The average Bonchev–Trinajstić information content (AvgIpc) is 2.62. The van der Waals surface area contributed by atoms with E-state index in [0.717, 1.165) is 0 Å². The number of halogens is 1. The Morgan fingerprint density at radius 3 is 2.38 bits per heavy atom. The normalized spacial score (nSPS) is 11.2. The van der Waals surface area contributed by atoms with Crippen molar-refractivity contribution < 1.29 is 17.5 Å². The molecule has 5 nitrogen and oxygen atoms in total. The zero-order valence-electron chi connectivity index (χ0n) is 12.7. The number of hydrogen-bond donors (Lipinski definition) is 0. The molecular weight excluding hydrogens is 331 g/mol. The van der Waals surface area contributed by atoms with E-state index in [1.807, 2.05) is 0 Å². The van der Waals surface area contributed by atoms with E-state index in [1.165, 1.54) is 43.5 Å². The Hall–Kier alpha value is -2.80. The van der Waals surface area contributed by atoms with Gasteiger partial charge >= 0.3 is 0 Å². The Labute approximate surface area is 138 Å². The molecule has 0 saturated carbocycles. The summed E-state index contributed by atoms with van der Waals surface area (Å²) in [6.45, 7) is 0. The van der Waals surface area contributed by atoms with Crippen LogP contribution in [0.2, 0.25) is 0 Å². The molecule has 0 amide bonds. The summed E-state index contributed by atoms with van der Waals surface area (Å²) in [5.41, 5.74) is 0.715. The van der Waals surface area contributed by atoms with Gasteiger partial charge in [0.2, 0.25) is 9.84 Å². The van der Waals surface area contributed by atoms with Crippen LogP contribution in [0.15, 0.2) is 70.6 Å². The van der Waals surface area contributed by atoms with Crippen molar-refractivity contribution in [2.75, 3.05) is 7.11 Å². The van der Waals surface area contributed by atoms with Gasteiger partial charge in [0.15, 0.2) is 5.03 Å². The third kappa shape index (κ3) is 2.98. The van der Waals surface area contributed by atoms with Gasteiger partial charge in [-0.05, 0) is 24.3 Å². The molecule has 24 heavy (non-hydrogen) atoms. The van der Waals surface area contributed by atoms with Crippen molar-refractivity contribution in [3.05, 3.63) is 66.5 Å². The van der Waals surface area contributed by atoms with E-state index in [1.54, 1.807) is 24.3 Å². The van der Waals surface area contributed by atoms with Crippen molar-refractivity contribution in [1.82, 2.24) is 10.2 Å². The maximum absolute atomic E-state index is 13.4. The molecule has 1 aromatic heterocycles. The first-order chi connectivity index (χ1) is 11.5. The van der Waals surface area contributed by atoms with Gasteiger partial charge in [0, 0.05) is 11.6 Å². The Kier molecular flexibility index (Phi) is 4.26. The first-order valence-electron chi connectivity index (χ1n) is 7.00. The largest absolute Gasteiger partial charge is 0.494 e. The molecule has 0 spiro atoms. The van der Waals surface area contributed by atoms with E-state index >= 15 is 0 Å². The van der Waals surface area contributed by atoms with Crippen LogP contribution in [-0.2, 0) is 9.84 Å². The molecule has 1 heterocycles. The van der Waals surface area contributed by atoms with E-state index in [9.17, 15) is 12.8 Å². The third-order valence-corrected chi connectivity index (χ3v) is 5.03. The predicted octanol–water partition coefficient (Wildman–Crippen LogP) is 3.12. The Balaban J connectivity index is 2.11. The highest BCUT2D eigenvalue weighted by atomic mass is 32.2. The molecular formula is C17H13FN2O3S. The van der Waals surface area contributed by atoms with E-state index in [4.69, 9.17) is 4.74 Å². The molecule has 0 radical (unpaired) electrons. The number of benzene rings is 2. The first kappa shape index (κ1) is 16.1. The minimum absolute atomic E-state index is 0.111. The molecule has 0 saturated heterocycles. The van der Waals surface area contributed by atoms with Gasteiger partial charge in [-0.25, -0.2) is 12.8 Å². The van der Waals surface area contributed by atoms with Crippen molar-refractivity contribution in [3.8, 4) is 17.0 Å². The lowest BCUT2D eigenvalue weighted by atomic mass is 10.1. The smallest absolute Gasteiger partial charge is 0.225 e. The van der Waals surface area contributed by atoms with Gasteiger partial charge in [-0.3, -0.25) is 0 Å². The predicted molar refractivity (Wildman–Crippen MR) is 85.9 cm³/mol. The minimum atomic E-state index is -3.81. The van der Waals surface area contributed by atoms with E-state index in [0.29, 0.717) is 5.56 Å². The second-order valence-electron chi connectivity index (χ2n) is 4.93. The van der Waals surface area contributed by atoms with Crippen LogP contribution in [0, 0.1) is 5.82 Å². The number of aromatic nitrogens is 2. The van der Waals surface area contributed by atoms with Crippen LogP contribution in [0.25, 0.3) is 11.3 Å². The van der Waals surface area contributed by atoms with Gasteiger partial charge in [0.1, 0.15) is 17.3 Å². The SMILES string of the molecule is COc1cc(S(=O)(=O)c2ccccc2)nnc1-c1cccc(F)c1. The van der Waals surface area contributed by atoms with Gasteiger partial charge in [-0.2, -0.15) is 0 Å². The van der Waals surface area contributed by atoms with Crippen LogP contribution in [0.5, 0.6) is 5.75 Å². The molecule has 0 bridgehead atoms. The summed E-state index contributed by atoms with van der Waals surface area (Å²) in [5.74, 6) is -0.234. The van der Waals surface area contributed by atoms with E-state index in [-0.39, 0.29) is 21.4 Å². The zero-order valence-corrected chi connectivity index (χ0v) is 13.5. The quantitative estimate of drug-likeness (QED) is 0.727. The number of nitrogens with zero attached hydrogens (tertiary/aromatic N) is 2. The fraction of sp³-hybridized carbons (Fsp3) is 0.0588. The minimum Gasteiger partial charge on any atom is -0.494 e. The second-order valence-corrected chi connectivity index (χ2v) is 6.82. The summed E-state index contributed by atoms with van der Waals surface area (Å²) in [7, 11) is -2.42. The molecule has 7 heteroatoms. The third-order valence-electron chi connectivity index (χ3n) is 3.38. The summed E-state index contributed by atoms with van der Waals surface area (Å²) < 4.78 is 43.8. The van der Waals surface area contributed by atoms with Gasteiger partial charge in [0.25, 0.3) is 0 Å². The van der Waals surface area contributed by atoms with Gasteiger partial charge < -0.3 is 4.74 Å². The lowest BCUT2D eigenvalue weighted by molar-refractivity contribution is 0.411. The Bertz CT molecular complexity index is 976. The second kappa shape index (κ2) is 6.37. The van der Waals surface area contributed by atoms with Crippen molar-refractivity contribution in [1.29, 1.82) is 0 Å². The highest BCUT2D eigenvalue weighted by molar-refractivity contribution is 7.91. The monoisotopic (exact) mass is 344 g/mol. The summed E-state index contributed by atoms with van der Waals surface area (Å²) in [6.07, 6.45) is 0. The highest BCUT2D eigenvalue weighted by Crippen LogP contribution is 2.30. The number of hydrogen-bond acceptors (Lipinski definition) is 5. The average molecular weight is 344 g/mol. The van der Waals surface area contributed by atoms with Crippen LogP contribution in [0.4, 0.5) is 4.39 Å².